The molecule has 1 heterocycles. The number of hydrogen-bond acceptors (Lipinski definition) is 5. The lowest BCUT2D eigenvalue weighted by Gasteiger charge is -2.25. The quantitative estimate of drug-likeness (QED) is 0.348. The predicted octanol–water partition coefficient (Wildman–Crippen LogP) is 4.73. The summed E-state index contributed by atoms with van der Waals surface area (Å²) in [5.41, 5.74) is 2.54. The Labute approximate surface area is 186 Å². The van der Waals surface area contributed by atoms with E-state index in [4.69, 9.17) is 4.74 Å². The summed E-state index contributed by atoms with van der Waals surface area (Å²) in [7, 11) is 0. The number of aryl methyl sites for hydroxylation is 1. The number of rotatable bonds is 5. The molecule has 1 saturated heterocycles. The lowest BCUT2D eigenvalue weighted by atomic mass is 9.95. The van der Waals surface area contributed by atoms with Crippen LogP contribution in [0.2, 0.25) is 0 Å². The molecule has 3 aromatic carbocycles. The number of ether oxygens (including phenoxy) is 1. The molecular weight excluding hydrogens is 406 g/mol. The number of benzene rings is 3. The number of nitrogens with zero attached hydrogens (tertiary/aromatic N) is 1. The zero-order valence-corrected chi connectivity index (χ0v) is 17.8. The molecule has 0 spiro atoms. The maximum Gasteiger partial charge on any atom is 0.300 e. The maximum absolute atomic E-state index is 13.1. The van der Waals surface area contributed by atoms with Gasteiger partial charge in [-0.05, 0) is 67.9 Å². The van der Waals surface area contributed by atoms with Gasteiger partial charge in [-0.15, -0.1) is 0 Å². The van der Waals surface area contributed by atoms with Gasteiger partial charge >= 0.3 is 0 Å². The van der Waals surface area contributed by atoms with E-state index in [2.05, 4.69) is 0 Å². The van der Waals surface area contributed by atoms with Crippen LogP contribution in [0.25, 0.3) is 5.76 Å². The van der Waals surface area contributed by atoms with Crippen molar-refractivity contribution in [3.63, 3.8) is 0 Å². The molecule has 4 rings (SSSR count). The Kier molecular flexibility index (Phi) is 5.69. The van der Waals surface area contributed by atoms with Gasteiger partial charge in [-0.3, -0.25) is 14.5 Å². The van der Waals surface area contributed by atoms with Crippen molar-refractivity contribution in [3.8, 4) is 11.5 Å². The number of amides is 1. The Morgan fingerprint density at radius 3 is 2.16 bits per heavy atom. The van der Waals surface area contributed by atoms with E-state index in [9.17, 15) is 19.8 Å². The van der Waals surface area contributed by atoms with Crippen LogP contribution in [0.15, 0.2) is 78.4 Å². The number of phenolic OH excluding ortho intramolecular Hbond substituents is 1. The van der Waals surface area contributed by atoms with Crippen molar-refractivity contribution in [1.29, 1.82) is 0 Å². The van der Waals surface area contributed by atoms with Gasteiger partial charge in [-0.1, -0.05) is 29.8 Å². The first-order valence-corrected chi connectivity index (χ1v) is 10.3. The number of hydrogen-bond donors (Lipinski definition) is 2. The molecule has 0 bridgehead atoms. The van der Waals surface area contributed by atoms with Crippen LogP contribution in [0.5, 0.6) is 11.5 Å². The van der Waals surface area contributed by atoms with E-state index in [1.807, 2.05) is 26.0 Å². The topological polar surface area (TPSA) is 87.1 Å². The number of phenols is 1. The van der Waals surface area contributed by atoms with Gasteiger partial charge in [0.1, 0.15) is 17.3 Å². The molecule has 0 radical (unpaired) electrons. The number of anilines is 1. The second-order valence-electron chi connectivity index (χ2n) is 7.55. The highest BCUT2D eigenvalue weighted by Crippen LogP contribution is 2.42. The lowest BCUT2D eigenvalue weighted by Crippen LogP contribution is -2.29. The number of aromatic hydroxyl groups is 1. The van der Waals surface area contributed by atoms with Crippen molar-refractivity contribution >= 4 is 23.1 Å². The molecule has 3 aromatic rings. The van der Waals surface area contributed by atoms with Crippen LogP contribution >= 0.6 is 0 Å². The Hall–Kier alpha value is -4.06. The number of aliphatic hydroxyl groups is 1. The number of Topliss-reactive ketones (excluding diaryl/α,β-unsaturated/α-hetero) is 1. The van der Waals surface area contributed by atoms with Gasteiger partial charge in [0, 0.05) is 11.3 Å². The largest absolute Gasteiger partial charge is 0.508 e. The van der Waals surface area contributed by atoms with Crippen LogP contribution in [0, 0.1) is 6.92 Å². The lowest BCUT2D eigenvalue weighted by molar-refractivity contribution is -0.132. The van der Waals surface area contributed by atoms with Gasteiger partial charge < -0.3 is 14.9 Å². The molecule has 1 amide bonds. The third-order valence-corrected chi connectivity index (χ3v) is 5.40. The minimum absolute atomic E-state index is 0.00887. The Morgan fingerprint density at radius 1 is 0.938 bits per heavy atom. The van der Waals surface area contributed by atoms with Crippen molar-refractivity contribution in [1.82, 2.24) is 0 Å². The SMILES string of the molecule is CCOc1ccc(/C(O)=C2\C(=O)C(=O)N(c3ccc(C)cc3)C2c2ccc(O)cc2)cc1. The normalized spacial score (nSPS) is 17.6. The molecule has 1 atom stereocenters. The second kappa shape index (κ2) is 8.59. The van der Waals surface area contributed by atoms with Gasteiger partial charge in [-0.25, -0.2) is 0 Å². The van der Waals surface area contributed by atoms with E-state index in [1.165, 1.54) is 17.0 Å². The molecule has 2 N–H and O–H groups in total. The van der Waals surface area contributed by atoms with E-state index in [1.54, 1.807) is 48.5 Å². The molecule has 0 aliphatic carbocycles. The van der Waals surface area contributed by atoms with E-state index in [-0.39, 0.29) is 17.1 Å². The van der Waals surface area contributed by atoms with Gasteiger partial charge in [0.2, 0.25) is 0 Å². The molecule has 0 saturated carbocycles. The van der Waals surface area contributed by atoms with E-state index in [0.717, 1.165) is 5.56 Å². The van der Waals surface area contributed by atoms with Crippen LogP contribution in [0.3, 0.4) is 0 Å². The molecule has 1 fully saturated rings. The summed E-state index contributed by atoms with van der Waals surface area (Å²) in [6, 6.07) is 19.3. The van der Waals surface area contributed by atoms with E-state index in [0.29, 0.717) is 29.2 Å². The predicted molar refractivity (Wildman–Crippen MR) is 122 cm³/mol. The Balaban J connectivity index is 1.88. The highest BCUT2D eigenvalue weighted by atomic mass is 16.5. The van der Waals surface area contributed by atoms with Crippen molar-refractivity contribution in [2.75, 3.05) is 11.5 Å². The fraction of sp³-hybridized carbons (Fsp3) is 0.154. The molecule has 32 heavy (non-hydrogen) atoms. The van der Waals surface area contributed by atoms with Crippen molar-refractivity contribution in [3.05, 3.63) is 95.1 Å². The molecule has 6 heteroatoms. The molecule has 162 valence electrons. The van der Waals surface area contributed by atoms with Crippen LogP contribution in [-0.2, 0) is 9.59 Å². The van der Waals surface area contributed by atoms with Crippen LogP contribution < -0.4 is 9.64 Å². The smallest absolute Gasteiger partial charge is 0.300 e. The van der Waals surface area contributed by atoms with Gasteiger partial charge in [0.25, 0.3) is 11.7 Å². The number of aliphatic hydroxyl groups excluding tert-OH is 1. The third-order valence-electron chi connectivity index (χ3n) is 5.40. The summed E-state index contributed by atoms with van der Waals surface area (Å²) in [5.74, 6) is -1.06. The summed E-state index contributed by atoms with van der Waals surface area (Å²) in [5, 5.41) is 20.8. The summed E-state index contributed by atoms with van der Waals surface area (Å²) in [6.45, 7) is 4.31. The van der Waals surface area contributed by atoms with Crippen molar-refractivity contribution < 1.29 is 24.5 Å². The number of ketones is 1. The average molecular weight is 429 g/mol. The first-order chi connectivity index (χ1) is 15.4. The minimum atomic E-state index is -0.843. The fourth-order valence-corrected chi connectivity index (χ4v) is 3.81. The van der Waals surface area contributed by atoms with Gasteiger partial charge in [0.15, 0.2) is 0 Å². The number of carbonyl (C=O) groups is 2. The highest BCUT2D eigenvalue weighted by Gasteiger charge is 2.46. The Bertz CT molecular complexity index is 1180. The summed E-state index contributed by atoms with van der Waals surface area (Å²) < 4.78 is 5.44. The monoisotopic (exact) mass is 429 g/mol. The summed E-state index contributed by atoms with van der Waals surface area (Å²) >= 11 is 0. The van der Waals surface area contributed by atoms with Crippen LogP contribution in [0.4, 0.5) is 5.69 Å². The molecule has 1 aliphatic heterocycles. The second-order valence-corrected chi connectivity index (χ2v) is 7.55. The van der Waals surface area contributed by atoms with Gasteiger partial charge in [-0.2, -0.15) is 0 Å². The third kappa shape index (κ3) is 3.83. The Morgan fingerprint density at radius 2 is 1.56 bits per heavy atom. The molecule has 6 nitrogen and oxygen atoms in total. The first-order valence-electron chi connectivity index (χ1n) is 10.3. The molecule has 1 unspecified atom stereocenters. The zero-order chi connectivity index (χ0) is 22.8. The average Bonchev–Trinajstić information content (AvgIpc) is 3.06. The summed E-state index contributed by atoms with van der Waals surface area (Å²) in [4.78, 5) is 27.6. The highest BCUT2D eigenvalue weighted by molar-refractivity contribution is 6.51. The van der Waals surface area contributed by atoms with E-state index >= 15 is 0 Å². The maximum atomic E-state index is 13.1. The van der Waals surface area contributed by atoms with E-state index < -0.39 is 17.7 Å². The van der Waals surface area contributed by atoms with Crippen LogP contribution in [-0.4, -0.2) is 28.5 Å². The van der Waals surface area contributed by atoms with Crippen LogP contribution in [0.1, 0.15) is 29.7 Å². The van der Waals surface area contributed by atoms with Crippen molar-refractivity contribution in [2.24, 2.45) is 0 Å². The van der Waals surface area contributed by atoms with Crippen molar-refractivity contribution in [2.45, 2.75) is 19.9 Å². The summed E-state index contributed by atoms with van der Waals surface area (Å²) in [6.07, 6.45) is 0. The standard InChI is InChI=1S/C26H23NO5/c1-3-32-21-14-8-18(9-15-21)24(29)22-23(17-6-12-20(28)13-7-17)27(26(31)25(22)30)19-10-4-16(2)5-11-19/h4-15,23,28-29H,3H2,1-2H3/b24-22+. The van der Waals surface area contributed by atoms with Gasteiger partial charge in [0.05, 0.1) is 18.2 Å². The molecular formula is C26H23NO5. The molecule has 1 aliphatic rings. The number of carbonyl (C=O) groups excluding carboxylic acids is 2. The molecule has 0 aromatic heterocycles. The zero-order valence-electron chi connectivity index (χ0n) is 17.8. The first kappa shape index (κ1) is 21.2. The minimum Gasteiger partial charge on any atom is -0.508 e. The fourth-order valence-electron chi connectivity index (χ4n) is 3.81.